The lowest BCUT2D eigenvalue weighted by atomic mass is 10.1. The van der Waals surface area contributed by atoms with E-state index in [-0.39, 0.29) is 40.6 Å². The lowest BCUT2D eigenvalue weighted by molar-refractivity contribution is -0.384. The average molecular weight is 343 g/mol. The van der Waals surface area contributed by atoms with Crippen LogP contribution in [0.3, 0.4) is 0 Å². The fourth-order valence-electron chi connectivity index (χ4n) is 2.12. The van der Waals surface area contributed by atoms with Gasteiger partial charge in [-0.15, -0.1) is 0 Å². The van der Waals surface area contributed by atoms with Crippen molar-refractivity contribution in [1.82, 2.24) is 0 Å². The van der Waals surface area contributed by atoms with Gasteiger partial charge in [0.2, 0.25) is 5.91 Å². The first-order valence-electron chi connectivity index (χ1n) is 5.76. The number of amides is 1. The van der Waals surface area contributed by atoms with E-state index in [4.69, 9.17) is 0 Å². The molecule has 0 aliphatic carbocycles. The van der Waals surface area contributed by atoms with Crippen LogP contribution in [0, 0.1) is 10.1 Å². The highest BCUT2D eigenvalue weighted by atomic mass is 79.9. The van der Waals surface area contributed by atoms with Crippen LogP contribution in [0.2, 0.25) is 0 Å². The molecule has 1 aliphatic heterocycles. The summed E-state index contributed by atoms with van der Waals surface area (Å²) in [4.78, 5) is 35.4. The van der Waals surface area contributed by atoms with Crippen LogP contribution in [-0.4, -0.2) is 35.3 Å². The Morgan fingerprint density at radius 1 is 1.55 bits per heavy atom. The molecule has 0 aromatic heterocycles. The maximum atomic E-state index is 11.9. The van der Waals surface area contributed by atoms with Crippen LogP contribution >= 0.6 is 15.9 Å². The number of hydrogen-bond donors (Lipinski definition) is 0. The molecule has 0 saturated carbocycles. The molecule has 0 radical (unpaired) electrons. The molecule has 1 saturated heterocycles. The molecular weight excluding hydrogens is 332 g/mol. The number of nitrogens with zero attached hydrogens (tertiary/aromatic N) is 2. The van der Waals surface area contributed by atoms with Gasteiger partial charge in [-0.3, -0.25) is 14.9 Å². The second-order valence-corrected chi connectivity index (χ2v) is 5.52. The smallest absolute Gasteiger partial charge is 0.340 e. The zero-order valence-electron chi connectivity index (χ0n) is 10.5. The third-order valence-corrected chi connectivity index (χ3v) is 3.58. The molecule has 0 spiro atoms. The number of halogens is 1. The van der Waals surface area contributed by atoms with Crippen molar-refractivity contribution in [2.75, 3.05) is 18.6 Å². The molecular formula is C12H11BrN2O5. The van der Waals surface area contributed by atoms with Crippen LogP contribution < -0.4 is 4.90 Å². The van der Waals surface area contributed by atoms with E-state index in [2.05, 4.69) is 20.7 Å². The van der Waals surface area contributed by atoms with Gasteiger partial charge >= 0.3 is 5.97 Å². The number of para-hydroxylation sites is 1. The summed E-state index contributed by atoms with van der Waals surface area (Å²) in [5.41, 5.74) is -0.282. The van der Waals surface area contributed by atoms with Gasteiger partial charge in [-0.25, -0.2) is 4.79 Å². The van der Waals surface area contributed by atoms with Crippen LogP contribution in [0.15, 0.2) is 18.2 Å². The number of ether oxygens (including phenoxy) is 1. The average Bonchev–Trinajstić information content (AvgIpc) is 2.75. The fourth-order valence-corrected chi connectivity index (χ4v) is 2.68. The summed E-state index contributed by atoms with van der Waals surface area (Å²) in [6, 6.07) is 4.06. The molecule has 1 fully saturated rings. The molecule has 106 valence electrons. The molecule has 0 bridgehead atoms. The first-order valence-corrected chi connectivity index (χ1v) is 6.67. The number of benzene rings is 1. The van der Waals surface area contributed by atoms with Gasteiger partial charge in [-0.2, -0.15) is 0 Å². The second kappa shape index (κ2) is 5.58. The Morgan fingerprint density at radius 2 is 2.25 bits per heavy atom. The van der Waals surface area contributed by atoms with Crippen molar-refractivity contribution in [1.29, 1.82) is 0 Å². The number of nitro groups is 1. The van der Waals surface area contributed by atoms with Gasteiger partial charge in [-0.05, 0) is 6.07 Å². The molecule has 1 amide bonds. The van der Waals surface area contributed by atoms with E-state index in [1.165, 1.54) is 30.2 Å². The Kier molecular flexibility index (Phi) is 4.03. The van der Waals surface area contributed by atoms with Crippen molar-refractivity contribution in [3.05, 3.63) is 33.9 Å². The van der Waals surface area contributed by atoms with E-state index in [9.17, 15) is 19.7 Å². The van der Waals surface area contributed by atoms with E-state index in [0.29, 0.717) is 0 Å². The van der Waals surface area contributed by atoms with Crippen molar-refractivity contribution < 1.29 is 19.2 Å². The van der Waals surface area contributed by atoms with Gasteiger partial charge in [0.05, 0.1) is 17.6 Å². The predicted molar refractivity (Wildman–Crippen MR) is 74.1 cm³/mol. The first-order chi connectivity index (χ1) is 9.45. The maximum absolute atomic E-state index is 11.9. The standard InChI is InChI=1S/C12H11BrN2O5/c1-20-12(17)8-3-2-4-9(15(18)19)11(8)14-6-7(13)5-10(14)16/h2-4,7H,5-6H2,1H3. The number of methoxy groups -OCH3 is 1. The van der Waals surface area contributed by atoms with Gasteiger partial charge < -0.3 is 9.64 Å². The van der Waals surface area contributed by atoms with Crippen LogP contribution in [0.1, 0.15) is 16.8 Å². The van der Waals surface area contributed by atoms with Gasteiger partial charge in [0.1, 0.15) is 5.69 Å². The quantitative estimate of drug-likeness (QED) is 0.362. The molecule has 1 aliphatic rings. The summed E-state index contributed by atoms with van der Waals surface area (Å²) >= 11 is 3.31. The van der Waals surface area contributed by atoms with Gasteiger partial charge in [0, 0.05) is 23.9 Å². The van der Waals surface area contributed by atoms with E-state index >= 15 is 0 Å². The van der Waals surface area contributed by atoms with Crippen molar-refractivity contribution in [3.63, 3.8) is 0 Å². The van der Waals surface area contributed by atoms with Crippen molar-refractivity contribution >= 4 is 39.2 Å². The largest absolute Gasteiger partial charge is 0.465 e. The minimum Gasteiger partial charge on any atom is -0.465 e. The van der Waals surface area contributed by atoms with E-state index in [1.807, 2.05) is 0 Å². The van der Waals surface area contributed by atoms with Gasteiger partial charge in [0.15, 0.2) is 0 Å². The number of anilines is 1. The highest BCUT2D eigenvalue weighted by Crippen LogP contribution is 2.36. The Hall–Kier alpha value is -1.96. The van der Waals surface area contributed by atoms with E-state index in [1.54, 1.807) is 0 Å². The fraction of sp³-hybridized carbons (Fsp3) is 0.333. The van der Waals surface area contributed by atoms with Crippen molar-refractivity contribution in [2.24, 2.45) is 0 Å². The Morgan fingerprint density at radius 3 is 2.75 bits per heavy atom. The highest BCUT2D eigenvalue weighted by Gasteiger charge is 2.36. The SMILES string of the molecule is COC(=O)c1cccc([N+](=O)[O-])c1N1CC(Br)CC1=O. The molecule has 0 N–H and O–H groups in total. The van der Waals surface area contributed by atoms with Crippen LogP contribution in [-0.2, 0) is 9.53 Å². The Balaban J connectivity index is 2.61. The highest BCUT2D eigenvalue weighted by molar-refractivity contribution is 9.09. The molecule has 1 aromatic carbocycles. The normalized spacial score (nSPS) is 18.2. The van der Waals surface area contributed by atoms with Crippen molar-refractivity contribution in [2.45, 2.75) is 11.2 Å². The lowest BCUT2D eigenvalue weighted by Gasteiger charge is -2.18. The minimum absolute atomic E-state index is 0.00343. The third-order valence-electron chi connectivity index (χ3n) is 2.96. The zero-order valence-corrected chi connectivity index (χ0v) is 12.1. The molecule has 20 heavy (non-hydrogen) atoms. The van der Waals surface area contributed by atoms with Gasteiger partial charge in [-0.1, -0.05) is 22.0 Å². The summed E-state index contributed by atoms with van der Waals surface area (Å²) in [5.74, 6) is -0.985. The van der Waals surface area contributed by atoms with Crippen molar-refractivity contribution in [3.8, 4) is 0 Å². The summed E-state index contributed by atoms with van der Waals surface area (Å²) in [5, 5.41) is 11.1. The molecule has 1 heterocycles. The third kappa shape index (κ3) is 2.51. The monoisotopic (exact) mass is 342 g/mol. The predicted octanol–water partition coefficient (Wildman–Crippen LogP) is 1.88. The summed E-state index contributed by atoms with van der Waals surface area (Å²) in [6.07, 6.45) is 0.229. The molecule has 1 unspecified atom stereocenters. The number of carbonyl (C=O) groups excluding carboxylic acids is 2. The number of nitro benzene ring substituents is 1. The minimum atomic E-state index is -0.713. The Bertz CT molecular complexity index is 589. The summed E-state index contributed by atoms with van der Waals surface area (Å²) < 4.78 is 4.62. The first kappa shape index (κ1) is 14.4. The summed E-state index contributed by atoms with van der Waals surface area (Å²) in [6.45, 7) is 0.272. The number of alkyl halides is 1. The molecule has 7 nitrogen and oxygen atoms in total. The van der Waals surface area contributed by atoms with Crippen LogP contribution in [0.5, 0.6) is 0 Å². The Labute approximate surface area is 122 Å². The van der Waals surface area contributed by atoms with E-state index in [0.717, 1.165) is 0 Å². The number of esters is 1. The molecule has 1 aromatic rings. The molecule has 2 rings (SSSR count). The second-order valence-electron chi connectivity index (χ2n) is 4.23. The molecule has 8 heteroatoms. The van der Waals surface area contributed by atoms with Crippen LogP contribution in [0.25, 0.3) is 0 Å². The number of carbonyl (C=O) groups is 2. The van der Waals surface area contributed by atoms with E-state index < -0.39 is 10.9 Å². The van der Waals surface area contributed by atoms with Crippen LogP contribution in [0.4, 0.5) is 11.4 Å². The number of rotatable bonds is 3. The lowest BCUT2D eigenvalue weighted by Crippen LogP contribution is -2.27. The van der Waals surface area contributed by atoms with Gasteiger partial charge in [0.25, 0.3) is 5.69 Å². The topological polar surface area (TPSA) is 89.8 Å². The molecule has 1 atom stereocenters. The zero-order chi connectivity index (χ0) is 14.9. The maximum Gasteiger partial charge on any atom is 0.340 e. The number of hydrogen-bond acceptors (Lipinski definition) is 5. The summed E-state index contributed by atoms with van der Waals surface area (Å²) in [7, 11) is 1.18.